The molecule has 2 heteroatoms. The van der Waals surface area contributed by atoms with Crippen LogP contribution in [0, 0.1) is 5.92 Å². The van der Waals surface area contributed by atoms with Gasteiger partial charge in [0, 0.05) is 0 Å². The fourth-order valence-electron chi connectivity index (χ4n) is 2.44. The fraction of sp³-hybridized carbons (Fsp3) is 0.136. The molecule has 0 radical (unpaired) electrons. The number of carbonyl (C=O) groups excluding carboxylic acids is 1. The third-order valence-electron chi connectivity index (χ3n) is 3.87. The highest BCUT2D eigenvalue weighted by molar-refractivity contribution is 5.75. The van der Waals surface area contributed by atoms with E-state index < -0.39 is 0 Å². The molecule has 0 amide bonds. The average Bonchev–Trinajstić information content (AvgIpc) is 2.63. The Morgan fingerprint density at radius 3 is 1.54 bits per heavy atom. The minimum atomic E-state index is -0.213. The lowest BCUT2D eigenvalue weighted by molar-refractivity contribution is -0.137. The van der Waals surface area contributed by atoms with Crippen LogP contribution in [0.5, 0.6) is 5.75 Å². The van der Waals surface area contributed by atoms with E-state index in [-0.39, 0.29) is 11.9 Å². The van der Waals surface area contributed by atoms with Gasteiger partial charge in [0.05, 0.1) is 5.92 Å². The zero-order chi connectivity index (χ0) is 16.9. The van der Waals surface area contributed by atoms with Gasteiger partial charge >= 0.3 is 5.97 Å². The molecule has 0 N–H and O–H groups in total. The summed E-state index contributed by atoms with van der Waals surface area (Å²) in [5, 5.41) is 0. The first-order valence-corrected chi connectivity index (χ1v) is 8.11. The van der Waals surface area contributed by atoms with E-state index in [1.54, 1.807) is 0 Å². The second kappa shape index (κ2) is 7.14. The lowest BCUT2D eigenvalue weighted by Crippen LogP contribution is -2.14. The predicted octanol–water partition coefficient (Wildman–Crippen LogP) is 5.58. The Kier molecular flexibility index (Phi) is 4.76. The van der Waals surface area contributed by atoms with Crippen molar-refractivity contribution in [3.05, 3.63) is 78.9 Å². The van der Waals surface area contributed by atoms with Gasteiger partial charge in [0.2, 0.25) is 0 Å². The molecule has 0 aliphatic heterocycles. The maximum atomic E-state index is 11.6. The predicted molar refractivity (Wildman–Crippen MR) is 97.8 cm³/mol. The van der Waals surface area contributed by atoms with Crippen LogP contribution in [0.3, 0.4) is 0 Å². The molecule has 0 aliphatic rings. The van der Waals surface area contributed by atoms with Crippen molar-refractivity contribution < 1.29 is 9.53 Å². The van der Waals surface area contributed by atoms with Crippen LogP contribution in [0.15, 0.2) is 78.9 Å². The van der Waals surface area contributed by atoms with E-state index in [9.17, 15) is 4.79 Å². The SMILES string of the molecule is CC(C)C(=O)Oc1ccc(-c2ccc(-c3ccccc3)cc2)cc1. The van der Waals surface area contributed by atoms with Gasteiger partial charge in [-0.15, -0.1) is 0 Å². The second-order valence-corrected chi connectivity index (χ2v) is 6.04. The number of rotatable bonds is 4. The molecule has 0 aromatic heterocycles. The van der Waals surface area contributed by atoms with Crippen LogP contribution >= 0.6 is 0 Å². The molecule has 0 saturated carbocycles. The van der Waals surface area contributed by atoms with Crippen LogP contribution in [0.4, 0.5) is 0 Å². The molecule has 0 fully saturated rings. The first-order valence-electron chi connectivity index (χ1n) is 8.11. The first-order chi connectivity index (χ1) is 11.6. The Morgan fingerprint density at radius 1 is 0.667 bits per heavy atom. The van der Waals surface area contributed by atoms with Crippen LogP contribution in [0.1, 0.15) is 13.8 Å². The van der Waals surface area contributed by atoms with E-state index in [2.05, 4.69) is 36.4 Å². The molecule has 3 aromatic rings. The summed E-state index contributed by atoms with van der Waals surface area (Å²) in [5.74, 6) is 0.239. The number of hydrogen-bond donors (Lipinski definition) is 0. The van der Waals surface area contributed by atoms with Gasteiger partial charge in [0.15, 0.2) is 0 Å². The molecule has 0 aliphatic carbocycles. The maximum absolute atomic E-state index is 11.6. The van der Waals surface area contributed by atoms with Gasteiger partial charge in [0.25, 0.3) is 0 Å². The van der Waals surface area contributed by atoms with Gasteiger partial charge in [-0.3, -0.25) is 4.79 Å². The number of carbonyl (C=O) groups is 1. The largest absolute Gasteiger partial charge is 0.426 e. The number of hydrogen-bond acceptors (Lipinski definition) is 2. The maximum Gasteiger partial charge on any atom is 0.313 e. The Hall–Kier alpha value is -2.87. The first kappa shape index (κ1) is 16.0. The van der Waals surface area contributed by atoms with E-state index in [0.717, 1.165) is 11.1 Å². The third kappa shape index (κ3) is 3.72. The number of esters is 1. The lowest BCUT2D eigenvalue weighted by atomic mass is 10.0. The number of ether oxygens (including phenoxy) is 1. The minimum Gasteiger partial charge on any atom is -0.426 e. The summed E-state index contributed by atoms with van der Waals surface area (Å²) >= 11 is 0. The zero-order valence-corrected chi connectivity index (χ0v) is 13.9. The van der Waals surface area contributed by atoms with Crippen molar-refractivity contribution in [3.63, 3.8) is 0 Å². The van der Waals surface area contributed by atoms with Crippen LogP contribution in [0.25, 0.3) is 22.3 Å². The van der Waals surface area contributed by atoms with Crippen molar-refractivity contribution in [1.82, 2.24) is 0 Å². The highest BCUT2D eigenvalue weighted by atomic mass is 16.5. The monoisotopic (exact) mass is 316 g/mol. The van der Waals surface area contributed by atoms with Crippen LogP contribution in [-0.4, -0.2) is 5.97 Å². The summed E-state index contributed by atoms with van der Waals surface area (Å²) in [7, 11) is 0. The zero-order valence-electron chi connectivity index (χ0n) is 13.9. The Balaban J connectivity index is 1.76. The highest BCUT2D eigenvalue weighted by Crippen LogP contribution is 2.26. The van der Waals surface area contributed by atoms with E-state index in [1.807, 2.05) is 56.3 Å². The van der Waals surface area contributed by atoms with Gasteiger partial charge in [-0.25, -0.2) is 0 Å². The Morgan fingerprint density at radius 2 is 1.08 bits per heavy atom. The molecule has 3 aromatic carbocycles. The van der Waals surface area contributed by atoms with Crippen molar-refractivity contribution >= 4 is 5.97 Å². The smallest absolute Gasteiger partial charge is 0.313 e. The van der Waals surface area contributed by atoms with Crippen LogP contribution in [-0.2, 0) is 4.79 Å². The molecular weight excluding hydrogens is 296 g/mol. The third-order valence-corrected chi connectivity index (χ3v) is 3.87. The molecule has 24 heavy (non-hydrogen) atoms. The summed E-state index contributed by atoms with van der Waals surface area (Å²) in [5.41, 5.74) is 4.64. The molecule has 2 nitrogen and oxygen atoms in total. The molecule has 0 bridgehead atoms. The highest BCUT2D eigenvalue weighted by Gasteiger charge is 2.09. The van der Waals surface area contributed by atoms with E-state index in [4.69, 9.17) is 4.74 Å². The standard InChI is InChI=1S/C22H20O2/c1-16(2)22(23)24-21-14-12-20(13-15-21)19-10-8-18(9-11-19)17-6-4-3-5-7-17/h3-16H,1-2H3. The lowest BCUT2D eigenvalue weighted by Gasteiger charge is -2.08. The van der Waals surface area contributed by atoms with Gasteiger partial charge in [0.1, 0.15) is 5.75 Å². The van der Waals surface area contributed by atoms with Crippen LogP contribution in [0.2, 0.25) is 0 Å². The molecule has 0 saturated heterocycles. The molecule has 3 rings (SSSR count). The Labute approximate surface area is 142 Å². The van der Waals surface area contributed by atoms with E-state index in [1.165, 1.54) is 11.1 Å². The quantitative estimate of drug-likeness (QED) is 0.464. The fourth-order valence-corrected chi connectivity index (χ4v) is 2.44. The second-order valence-electron chi connectivity index (χ2n) is 6.04. The molecule has 0 heterocycles. The molecule has 0 atom stereocenters. The molecular formula is C22H20O2. The minimum absolute atomic E-state index is 0.129. The van der Waals surface area contributed by atoms with Crippen molar-refractivity contribution in [1.29, 1.82) is 0 Å². The van der Waals surface area contributed by atoms with Crippen molar-refractivity contribution in [2.45, 2.75) is 13.8 Å². The van der Waals surface area contributed by atoms with Gasteiger partial charge in [-0.05, 0) is 34.4 Å². The van der Waals surface area contributed by atoms with Crippen LogP contribution < -0.4 is 4.74 Å². The summed E-state index contributed by atoms with van der Waals surface area (Å²) in [6.07, 6.45) is 0. The topological polar surface area (TPSA) is 26.3 Å². The molecule has 0 unspecified atom stereocenters. The molecule has 0 spiro atoms. The molecule has 120 valence electrons. The summed E-state index contributed by atoms with van der Waals surface area (Å²) in [6, 6.07) is 26.4. The van der Waals surface area contributed by atoms with Gasteiger partial charge in [-0.1, -0.05) is 80.6 Å². The summed E-state index contributed by atoms with van der Waals surface area (Å²) in [4.78, 5) is 11.6. The van der Waals surface area contributed by atoms with Crippen molar-refractivity contribution in [2.24, 2.45) is 5.92 Å². The average molecular weight is 316 g/mol. The Bertz CT molecular complexity index is 801. The normalized spacial score (nSPS) is 10.6. The van der Waals surface area contributed by atoms with Crippen molar-refractivity contribution in [3.8, 4) is 28.0 Å². The van der Waals surface area contributed by atoms with Crippen molar-refractivity contribution in [2.75, 3.05) is 0 Å². The van der Waals surface area contributed by atoms with Gasteiger partial charge < -0.3 is 4.74 Å². The summed E-state index contributed by atoms with van der Waals surface area (Å²) in [6.45, 7) is 3.65. The van der Waals surface area contributed by atoms with E-state index >= 15 is 0 Å². The van der Waals surface area contributed by atoms with Gasteiger partial charge in [-0.2, -0.15) is 0 Å². The van der Waals surface area contributed by atoms with E-state index in [0.29, 0.717) is 5.75 Å². The summed E-state index contributed by atoms with van der Waals surface area (Å²) < 4.78 is 5.30. The number of benzene rings is 3.